The van der Waals surface area contributed by atoms with E-state index < -0.39 is 11.7 Å². The molecule has 0 saturated carbocycles. The molecule has 2 aromatic heterocycles. The number of halogens is 3. The van der Waals surface area contributed by atoms with Crippen molar-refractivity contribution in [3.8, 4) is 17.0 Å². The predicted octanol–water partition coefficient (Wildman–Crippen LogP) is 4.73. The summed E-state index contributed by atoms with van der Waals surface area (Å²) in [4.78, 5) is 4.41. The van der Waals surface area contributed by atoms with Gasteiger partial charge in [-0.15, -0.1) is 0 Å². The largest absolute Gasteiger partial charge is 0.493 e. The average molecular weight is 320 g/mol. The fraction of sp³-hybridized carbons (Fsp3) is 0.235. The minimum absolute atomic E-state index is 0.456. The summed E-state index contributed by atoms with van der Waals surface area (Å²) >= 11 is 0. The summed E-state index contributed by atoms with van der Waals surface area (Å²) in [7, 11) is 0. The van der Waals surface area contributed by atoms with Gasteiger partial charge in [-0.1, -0.05) is 11.6 Å². The topological polar surface area (TPSA) is 26.5 Å². The van der Waals surface area contributed by atoms with E-state index in [1.165, 1.54) is 10.5 Å². The zero-order chi connectivity index (χ0) is 16.6. The number of aryl methyl sites for hydroxylation is 1. The highest BCUT2D eigenvalue weighted by molar-refractivity contribution is 5.70. The first kappa shape index (κ1) is 15.4. The molecule has 23 heavy (non-hydrogen) atoms. The maximum Gasteiger partial charge on any atom is 0.417 e. The van der Waals surface area contributed by atoms with Crippen LogP contribution >= 0.6 is 0 Å². The summed E-state index contributed by atoms with van der Waals surface area (Å²) < 4.78 is 45.4. The quantitative estimate of drug-likeness (QED) is 0.697. The SMILES string of the molecule is CCOc1ccc(C)cc1-c1cn2cc(C(F)(F)F)ccc2n1. The van der Waals surface area contributed by atoms with Crippen molar-refractivity contribution in [2.24, 2.45) is 0 Å². The third-order valence-electron chi connectivity index (χ3n) is 3.49. The smallest absolute Gasteiger partial charge is 0.417 e. The molecule has 120 valence electrons. The molecule has 0 amide bonds. The number of hydrogen-bond donors (Lipinski definition) is 0. The highest BCUT2D eigenvalue weighted by Crippen LogP contribution is 2.32. The molecular weight excluding hydrogens is 305 g/mol. The molecule has 0 fully saturated rings. The van der Waals surface area contributed by atoms with Gasteiger partial charge >= 0.3 is 6.18 Å². The Hall–Kier alpha value is -2.50. The van der Waals surface area contributed by atoms with Gasteiger partial charge in [0.2, 0.25) is 0 Å². The lowest BCUT2D eigenvalue weighted by molar-refractivity contribution is -0.137. The Morgan fingerprint density at radius 3 is 2.61 bits per heavy atom. The number of alkyl halides is 3. The van der Waals surface area contributed by atoms with E-state index in [-0.39, 0.29) is 0 Å². The maximum absolute atomic E-state index is 12.8. The van der Waals surface area contributed by atoms with Crippen LogP contribution in [0.15, 0.2) is 42.7 Å². The monoisotopic (exact) mass is 320 g/mol. The van der Waals surface area contributed by atoms with E-state index in [1.54, 1.807) is 6.20 Å². The summed E-state index contributed by atoms with van der Waals surface area (Å²) in [6.45, 7) is 4.32. The van der Waals surface area contributed by atoms with Crippen LogP contribution in [0.1, 0.15) is 18.1 Å². The molecule has 0 radical (unpaired) electrons. The Morgan fingerprint density at radius 2 is 1.91 bits per heavy atom. The number of imidazole rings is 1. The van der Waals surface area contributed by atoms with Gasteiger partial charge in [0.25, 0.3) is 0 Å². The molecule has 0 saturated heterocycles. The van der Waals surface area contributed by atoms with Crippen molar-refractivity contribution in [2.75, 3.05) is 6.61 Å². The second-order valence-electron chi connectivity index (χ2n) is 5.24. The number of benzene rings is 1. The van der Waals surface area contributed by atoms with Crippen molar-refractivity contribution >= 4 is 5.65 Å². The van der Waals surface area contributed by atoms with E-state index in [0.29, 0.717) is 23.7 Å². The first-order chi connectivity index (χ1) is 10.9. The molecule has 0 bridgehead atoms. The normalized spacial score (nSPS) is 11.9. The molecular formula is C17H15F3N2O. The summed E-state index contributed by atoms with van der Waals surface area (Å²) in [6, 6.07) is 8.08. The third kappa shape index (κ3) is 3.02. The molecule has 0 atom stereocenters. The summed E-state index contributed by atoms with van der Waals surface area (Å²) in [5, 5.41) is 0. The van der Waals surface area contributed by atoms with E-state index in [0.717, 1.165) is 23.4 Å². The standard InChI is InChI=1S/C17H15F3N2O/c1-3-23-15-6-4-11(2)8-13(15)14-10-22-9-12(17(18,19)20)5-7-16(22)21-14/h4-10H,3H2,1-2H3. The van der Waals surface area contributed by atoms with Gasteiger partial charge in [0.1, 0.15) is 11.4 Å². The fourth-order valence-electron chi connectivity index (χ4n) is 2.41. The highest BCUT2D eigenvalue weighted by Gasteiger charge is 2.30. The highest BCUT2D eigenvalue weighted by atomic mass is 19.4. The van der Waals surface area contributed by atoms with Gasteiger partial charge in [-0.05, 0) is 38.1 Å². The molecule has 0 aliphatic carbocycles. The van der Waals surface area contributed by atoms with Crippen molar-refractivity contribution in [2.45, 2.75) is 20.0 Å². The Kier molecular flexibility index (Phi) is 3.75. The third-order valence-corrected chi connectivity index (χ3v) is 3.49. The Bertz CT molecular complexity index is 853. The van der Waals surface area contributed by atoms with Crippen LogP contribution in [0, 0.1) is 6.92 Å². The van der Waals surface area contributed by atoms with Crippen LogP contribution in [-0.2, 0) is 6.18 Å². The van der Waals surface area contributed by atoms with E-state index in [9.17, 15) is 13.2 Å². The first-order valence-corrected chi connectivity index (χ1v) is 7.18. The number of rotatable bonds is 3. The van der Waals surface area contributed by atoms with Gasteiger partial charge in [-0.25, -0.2) is 4.98 Å². The lowest BCUT2D eigenvalue weighted by Crippen LogP contribution is -2.05. The molecule has 3 nitrogen and oxygen atoms in total. The molecule has 3 aromatic rings. The Morgan fingerprint density at radius 1 is 1.13 bits per heavy atom. The van der Waals surface area contributed by atoms with E-state index >= 15 is 0 Å². The minimum Gasteiger partial charge on any atom is -0.493 e. The second-order valence-corrected chi connectivity index (χ2v) is 5.24. The van der Waals surface area contributed by atoms with Gasteiger partial charge in [0, 0.05) is 18.0 Å². The lowest BCUT2D eigenvalue weighted by Gasteiger charge is -2.09. The average Bonchev–Trinajstić information content (AvgIpc) is 2.91. The van der Waals surface area contributed by atoms with Crippen molar-refractivity contribution in [1.82, 2.24) is 9.38 Å². The van der Waals surface area contributed by atoms with Gasteiger partial charge in [0.15, 0.2) is 0 Å². The van der Waals surface area contributed by atoms with E-state index in [1.807, 2.05) is 32.0 Å². The van der Waals surface area contributed by atoms with Crippen LogP contribution in [0.2, 0.25) is 0 Å². The Labute approximate surface area is 131 Å². The van der Waals surface area contributed by atoms with Crippen molar-refractivity contribution < 1.29 is 17.9 Å². The number of fused-ring (bicyclic) bond motifs is 1. The second kappa shape index (κ2) is 5.61. The van der Waals surface area contributed by atoms with Gasteiger partial charge < -0.3 is 9.14 Å². The molecule has 0 N–H and O–H groups in total. The molecule has 0 aliphatic rings. The number of nitrogens with zero attached hydrogens (tertiary/aromatic N) is 2. The van der Waals surface area contributed by atoms with E-state index in [2.05, 4.69) is 4.98 Å². The minimum atomic E-state index is -4.38. The van der Waals surface area contributed by atoms with Gasteiger partial charge in [0.05, 0.1) is 17.9 Å². The van der Waals surface area contributed by atoms with Gasteiger partial charge in [-0.2, -0.15) is 13.2 Å². The summed E-state index contributed by atoms with van der Waals surface area (Å²) in [5.41, 5.74) is 2.12. The van der Waals surface area contributed by atoms with Crippen LogP contribution < -0.4 is 4.74 Å². The van der Waals surface area contributed by atoms with E-state index in [4.69, 9.17) is 4.74 Å². The van der Waals surface area contributed by atoms with Gasteiger partial charge in [-0.3, -0.25) is 0 Å². The Balaban J connectivity index is 2.12. The lowest BCUT2D eigenvalue weighted by atomic mass is 10.1. The summed E-state index contributed by atoms with van der Waals surface area (Å²) in [6.07, 6.45) is -1.75. The van der Waals surface area contributed by atoms with Crippen LogP contribution in [0.25, 0.3) is 16.9 Å². The molecule has 1 aromatic carbocycles. The number of ether oxygens (including phenoxy) is 1. The number of aromatic nitrogens is 2. The number of hydrogen-bond acceptors (Lipinski definition) is 2. The molecule has 0 unspecified atom stereocenters. The number of pyridine rings is 1. The van der Waals surface area contributed by atoms with Crippen LogP contribution in [0.4, 0.5) is 13.2 Å². The first-order valence-electron chi connectivity index (χ1n) is 7.18. The fourth-order valence-corrected chi connectivity index (χ4v) is 2.41. The zero-order valence-electron chi connectivity index (χ0n) is 12.7. The zero-order valence-corrected chi connectivity index (χ0v) is 12.7. The molecule has 3 rings (SSSR count). The van der Waals surface area contributed by atoms with Crippen LogP contribution in [0.3, 0.4) is 0 Å². The van der Waals surface area contributed by atoms with Crippen molar-refractivity contribution in [3.63, 3.8) is 0 Å². The van der Waals surface area contributed by atoms with Crippen molar-refractivity contribution in [3.05, 3.63) is 53.9 Å². The summed E-state index contributed by atoms with van der Waals surface area (Å²) in [5.74, 6) is 0.664. The van der Waals surface area contributed by atoms with Crippen molar-refractivity contribution in [1.29, 1.82) is 0 Å². The van der Waals surface area contributed by atoms with Crippen LogP contribution in [0.5, 0.6) is 5.75 Å². The predicted molar refractivity (Wildman–Crippen MR) is 81.5 cm³/mol. The molecule has 0 aliphatic heterocycles. The molecule has 6 heteroatoms. The maximum atomic E-state index is 12.8. The molecule has 0 spiro atoms. The molecule has 2 heterocycles. The van der Waals surface area contributed by atoms with Crippen LogP contribution in [-0.4, -0.2) is 16.0 Å².